The van der Waals surface area contributed by atoms with Gasteiger partial charge in [-0.3, -0.25) is 4.98 Å². The van der Waals surface area contributed by atoms with Gasteiger partial charge in [-0.05, 0) is 86.0 Å². The van der Waals surface area contributed by atoms with Crippen molar-refractivity contribution in [1.29, 1.82) is 0 Å². The molecule has 8 aromatic rings. The third kappa shape index (κ3) is 5.24. The van der Waals surface area contributed by atoms with Gasteiger partial charge in [0.05, 0.1) is 0 Å². The lowest BCUT2D eigenvalue weighted by Crippen LogP contribution is -2.01. The molecule has 0 spiro atoms. The van der Waals surface area contributed by atoms with Crippen LogP contribution in [-0.4, -0.2) is 19.9 Å². The lowest BCUT2D eigenvalue weighted by atomic mass is 9.83. The first-order valence-electron chi connectivity index (χ1n) is 17.5. The maximum atomic E-state index is 4.92. The van der Waals surface area contributed by atoms with Crippen molar-refractivity contribution < 1.29 is 0 Å². The van der Waals surface area contributed by atoms with Gasteiger partial charge < -0.3 is 0 Å². The first-order valence-corrected chi connectivity index (χ1v) is 17.5. The van der Waals surface area contributed by atoms with E-state index in [1.165, 1.54) is 50.1 Å². The number of aromatic nitrogens is 4. The van der Waals surface area contributed by atoms with Gasteiger partial charge in [-0.1, -0.05) is 152 Å². The second kappa shape index (κ2) is 12.1. The highest BCUT2D eigenvalue weighted by atomic mass is 15.0. The Kier molecular flexibility index (Phi) is 6.98. The normalized spacial score (nSPS) is 15.4. The van der Waals surface area contributed by atoms with E-state index in [0.717, 1.165) is 23.1 Å². The van der Waals surface area contributed by atoms with Crippen molar-refractivity contribution in [1.82, 2.24) is 19.9 Å². The molecule has 2 heterocycles. The van der Waals surface area contributed by atoms with Gasteiger partial charge >= 0.3 is 0 Å². The molecular weight excluding hydrogens is 621 g/mol. The molecule has 2 atom stereocenters. The molecular formula is C47H32N4. The Hall–Kier alpha value is -6.52. The van der Waals surface area contributed by atoms with Gasteiger partial charge in [-0.25, -0.2) is 15.0 Å². The summed E-state index contributed by atoms with van der Waals surface area (Å²) in [7, 11) is 0. The number of hydrogen-bond acceptors (Lipinski definition) is 4. The van der Waals surface area contributed by atoms with Gasteiger partial charge in [-0.2, -0.15) is 0 Å². The second-order valence-corrected chi connectivity index (χ2v) is 13.4. The van der Waals surface area contributed by atoms with Crippen LogP contribution < -0.4 is 0 Å². The van der Waals surface area contributed by atoms with Crippen molar-refractivity contribution in [2.75, 3.05) is 0 Å². The molecule has 0 amide bonds. The lowest BCUT2D eigenvalue weighted by Gasteiger charge is -2.21. The second-order valence-electron chi connectivity index (χ2n) is 13.4. The van der Waals surface area contributed by atoms with Crippen molar-refractivity contribution in [2.24, 2.45) is 0 Å². The zero-order valence-electron chi connectivity index (χ0n) is 27.8. The lowest BCUT2D eigenvalue weighted by molar-refractivity contribution is 1.03. The highest BCUT2D eigenvalue weighted by molar-refractivity contribution is 5.94. The van der Waals surface area contributed by atoms with Crippen LogP contribution in [0.5, 0.6) is 0 Å². The molecule has 0 saturated heterocycles. The van der Waals surface area contributed by atoms with Crippen LogP contribution in [0.3, 0.4) is 0 Å². The summed E-state index contributed by atoms with van der Waals surface area (Å²) in [6.07, 6.45) is 2.92. The van der Waals surface area contributed by atoms with Gasteiger partial charge in [0.1, 0.15) is 5.69 Å². The topological polar surface area (TPSA) is 51.6 Å². The van der Waals surface area contributed by atoms with Crippen LogP contribution in [0, 0.1) is 0 Å². The van der Waals surface area contributed by atoms with Crippen LogP contribution in [0.2, 0.25) is 0 Å². The highest BCUT2D eigenvalue weighted by Gasteiger charge is 2.42. The predicted octanol–water partition coefficient (Wildman–Crippen LogP) is 11.5. The molecule has 6 aromatic carbocycles. The third-order valence-corrected chi connectivity index (χ3v) is 10.4. The Morgan fingerprint density at radius 3 is 1.51 bits per heavy atom. The molecule has 2 aliphatic rings. The number of fused-ring (bicyclic) bond motifs is 10. The zero-order valence-corrected chi connectivity index (χ0v) is 27.8. The molecule has 4 heteroatoms. The van der Waals surface area contributed by atoms with E-state index in [1.54, 1.807) is 6.20 Å². The highest BCUT2D eigenvalue weighted by Crippen LogP contribution is 2.60. The summed E-state index contributed by atoms with van der Waals surface area (Å²) in [5, 5.41) is 0. The van der Waals surface area contributed by atoms with Crippen LogP contribution in [0.1, 0.15) is 29.4 Å². The number of benzene rings is 6. The molecule has 0 radical (unpaired) electrons. The standard InChI is InChI=1S/C47H32N4/c1-2-12-31(13-3-1)45-49-46(51-47(50-45)44-20-10-11-27-48-44)32-23-21-30(22-24-32)33-25-26-40-38-18-7-6-16-36(38)34-14-4-5-15-35(34)37-17-8-9-19-39(37)42-29-43(42)41(40)28-33/h1-28,42-43H,29H2. The fourth-order valence-electron chi connectivity index (χ4n) is 7.79. The molecule has 0 aliphatic heterocycles. The SMILES string of the molecule is c1ccc(-c2nc(-c3ccc(-c4ccc5c(c4)C4CC4c4ccccc4-c4ccccc4-c4ccccc4-5)cc3)nc(-c3ccccn3)n2)cc1. The van der Waals surface area contributed by atoms with Crippen LogP contribution >= 0.6 is 0 Å². The predicted molar refractivity (Wildman–Crippen MR) is 206 cm³/mol. The van der Waals surface area contributed by atoms with Crippen molar-refractivity contribution in [3.05, 3.63) is 181 Å². The molecule has 1 fully saturated rings. The number of pyridine rings is 1. The van der Waals surface area contributed by atoms with Crippen LogP contribution in [0.4, 0.5) is 0 Å². The van der Waals surface area contributed by atoms with E-state index < -0.39 is 0 Å². The van der Waals surface area contributed by atoms with Gasteiger partial charge in [0.2, 0.25) is 0 Å². The Morgan fingerprint density at radius 2 is 0.843 bits per heavy atom. The molecule has 51 heavy (non-hydrogen) atoms. The summed E-state index contributed by atoms with van der Waals surface area (Å²) in [5.74, 6) is 2.76. The zero-order chi connectivity index (χ0) is 33.7. The fourth-order valence-corrected chi connectivity index (χ4v) is 7.79. The summed E-state index contributed by atoms with van der Waals surface area (Å²) >= 11 is 0. The Labute approximate surface area is 297 Å². The van der Waals surface area contributed by atoms with E-state index in [4.69, 9.17) is 15.0 Å². The quantitative estimate of drug-likeness (QED) is 0.190. The summed E-state index contributed by atoms with van der Waals surface area (Å²) in [4.78, 5) is 19.1. The van der Waals surface area contributed by atoms with Crippen LogP contribution in [-0.2, 0) is 0 Å². The summed E-state index contributed by atoms with van der Waals surface area (Å²) in [5.41, 5.74) is 15.7. The van der Waals surface area contributed by atoms with Gasteiger partial charge in [0.25, 0.3) is 0 Å². The average Bonchev–Trinajstić information content (AvgIpc) is 4.02. The van der Waals surface area contributed by atoms with Gasteiger partial charge in [-0.15, -0.1) is 0 Å². The van der Waals surface area contributed by atoms with E-state index in [-0.39, 0.29) is 0 Å². The first-order chi connectivity index (χ1) is 25.3. The van der Waals surface area contributed by atoms with Crippen molar-refractivity contribution >= 4 is 0 Å². The molecule has 10 rings (SSSR count). The Morgan fingerprint density at radius 1 is 0.353 bits per heavy atom. The molecule has 2 aromatic heterocycles. The van der Waals surface area contributed by atoms with E-state index in [0.29, 0.717) is 35.0 Å². The van der Waals surface area contributed by atoms with E-state index in [2.05, 4.69) is 120 Å². The smallest absolute Gasteiger partial charge is 0.182 e. The summed E-state index contributed by atoms with van der Waals surface area (Å²) < 4.78 is 0. The van der Waals surface area contributed by atoms with E-state index >= 15 is 0 Å². The summed E-state index contributed by atoms with van der Waals surface area (Å²) in [6.45, 7) is 0. The fraction of sp³-hybridized carbons (Fsp3) is 0.0638. The molecule has 2 unspecified atom stereocenters. The van der Waals surface area contributed by atoms with Crippen molar-refractivity contribution in [3.8, 4) is 78.8 Å². The van der Waals surface area contributed by atoms with Crippen molar-refractivity contribution in [2.45, 2.75) is 18.3 Å². The molecule has 4 nitrogen and oxygen atoms in total. The molecule has 0 bridgehead atoms. The third-order valence-electron chi connectivity index (χ3n) is 10.4. The van der Waals surface area contributed by atoms with Crippen molar-refractivity contribution in [3.63, 3.8) is 0 Å². The first kappa shape index (κ1) is 29.4. The van der Waals surface area contributed by atoms with E-state index in [9.17, 15) is 0 Å². The maximum Gasteiger partial charge on any atom is 0.182 e. The number of rotatable bonds is 4. The van der Waals surface area contributed by atoms with E-state index in [1.807, 2.05) is 48.5 Å². The minimum Gasteiger partial charge on any atom is -0.253 e. The average molecular weight is 653 g/mol. The Bertz CT molecular complexity index is 2500. The largest absolute Gasteiger partial charge is 0.253 e. The Balaban J connectivity index is 1.07. The van der Waals surface area contributed by atoms with Gasteiger partial charge in [0, 0.05) is 17.3 Å². The molecule has 240 valence electrons. The molecule has 1 saturated carbocycles. The minimum atomic E-state index is 0.463. The monoisotopic (exact) mass is 652 g/mol. The minimum absolute atomic E-state index is 0.463. The molecule has 0 N–H and O–H groups in total. The van der Waals surface area contributed by atoms with Gasteiger partial charge in [0.15, 0.2) is 17.5 Å². The van der Waals surface area contributed by atoms with Crippen LogP contribution in [0.15, 0.2) is 170 Å². The summed E-state index contributed by atoms with van der Waals surface area (Å²) in [6, 6.07) is 58.4. The number of nitrogens with zero attached hydrogens (tertiary/aromatic N) is 4. The maximum absolute atomic E-state index is 4.92. The molecule has 2 aliphatic carbocycles. The van der Waals surface area contributed by atoms with Crippen LogP contribution in [0.25, 0.3) is 78.8 Å². The number of hydrogen-bond donors (Lipinski definition) is 0.